The van der Waals surface area contributed by atoms with Gasteiger partial charge in [-0.05, 0) is 67.0 Å². The normalized spacial score (nSPS) is 29.2. The zero-order valence-corrected chi connectivity index (χ0v) is 41.5. The molecule has 16 nitrogen and oxygen atoms in total. The molecule has 3 aromatic carbocycles. The van der Waals surface area contributed by atoms with E-state index >= 15 is 9.59 Å². The first-order valence-electron chi connectivity index (χ1n) is 23.7. The van der Waals surface area contributed by atoms with Crippen molar-refractivity contribution in [3.05, 3.63) is 119 Å². The average Bonchev–Trinajstić information content (AvgIpc) is 3.34. The minimum atomic E-state index is -2.49. The molecule has 0 radical (unpaired) electrons. The maximum Gasteiger partial charge on any atom is 0.338 e. The number of carbonyl (C=O) groups excluding carboxylic acids is 7. The number of ketones is 1. The van der Waals surface area contributed by atoms with Gasteiger partial charge in [0, 0.05) is 49.3 Å². The van der Waals surface area contributed by atoms with Crippen LogP contribution in [0.1, 0.15) is 106 Å². The molecule has 1 saturated heterocycles. The number of esters is 5. The molecule has 71 heavy (non-hydrogen) atoms. The third-order valence-corrected chi connectivity index (χ3v) is 14.9. The van der Waals surface area contributed by atoms with Gasteiger partial charge in [-0.1, -0.05) is 76.2 Å². The van der Waals surface area contributed by atoms with Crippen molar-refractivity contribution in [1.82, 2.24) is 5.32 Å². The fourth-order valence-electron chi connectivity index (χ4n) is 11.0. The largest absolute Gasteiger partial charge is 0.461 e. The number of fused-ring (bicyclic) bond motifs is 5. The maximum atomic E-state index is 16.2. The summed E-state index contributed by atoms with van der Waals surface area (Å²) >= 11 is 4.32. The van der Waals surface area contributed by atoms with Crippen molar-refractivity contribution in [1.29, 1.82) is 0 Å². The summed E-state index contributed by atoms with van der Waals surface area (Å²) < 4.78 is 57.9. The number of Topliss-reactive ketones (excluding diaryl/α,β-unsaturated/α-hetero) is 1. The number of hydrogen-bond acceptors (Lipinski definition) is 16. The molecule has 3 fully saturated rings. The van der Waals surface area contributed by atoms with Crippen molar-refractivity contribution in [3.8, 4) is 0 Å². The molecule has 4 aliphatic rings. The van der Waals surface area contributed by atoms with Gasteiger partial charge in [-0.3, -0.25) is 24.0 Å². The van der Waals surface area contributed by atoms with Gasteiger partial charge in [0.2, 0.25) is 0 Å². The summed E-state index contributed by atoms with van der Waals surface area (Å²) in [5.74, 6) is -8.07. The molecule has 3 aliphatic carbocycles. The summed E-state index contributed by atoms with van der Waals surface area (Å²) in [6.07, 6.45) is -10.5. The molecule has 18 heteroatoms. The highest BCUT2D eigenvalue weighted by atomic mass is 32.1. The molecule has 2 saturated carbocycles. The highest BCUT2D eigenvalue weighted by molar-refractivity contribution is 7.80. The number of aliphatic hydroxyl groups is 1. The van der Waals surface area contributed by atoms with Gasteiger partial charge in [0.05, 0.1) is 36.2 Å². The Morgan fingerprint density at radius 1 is 0.859 bits per heavy atom. The summed E-state index contributed by atoms with van der Waals surface area (Å²) in [5.41, 5.74) is -7.47. The molecule has 1 heterocycles. The van der Waals surface area contributed by atoms with Gasteiger partial charge in [0.15, 0.2) is 23.6 Å². The summed E-state index contributed by atoms with van der Waals surface area (Å²) in [4.78, 5) is 100.0. The number of thiol groups is 1. The van der Waals surface area contributed by atoms with Crippen LogP contribution in [-0.4, -0.2) is 113 Å². The van der Waals surface area contributed by atoms with Crippen molar-refractivity contribution in [2.45, 2.75) is 128 Å². The van der Waals surface area contributed by atoms with E-state index in [0.717, 1.165) is 31.2 Å². The third kappa shape index (κ3) is 9.75. The van der Waals surface area contributed by atoms with Gasteiger partial charge < -0.3 is 43.6 Å². The molecule has 7 rings (SSSR count). The monoisotopic (exact) mass is 1000 g/mol. The Morgan fingerprint density at radius 2 is 1.48 bits per heavy atom. The van der Waals surface area contributed by atoms with E-state index in [-0.39, 0.29) is 60.5 Å². The van der Waals surface area contributed by atoms with E-state index in [9.17, 15) is 33.5 Å². The second-order valence-electron chi connectivity index (χ2n) is 19.1. The lowest BCUT2D eigenvalue weighted by atomic mass is 9.44. The zero-order valence-electron chi connectivity index (χ0n) is 40.6. The Bertz CT molecular complexity index is 2560. The van der Waals surface area contributed by atoms with Crippen molar-refractivity contribution in [2.24, 2.45) is 16.7 Å². The van der Waals surface area contributed by atoms with Crippen molar-refractivity contribution >= 4 is 54.2 Å². The molecule has 1 aliphatic heterocycles. The van der Waals surface area contributed by atoms with Crippen molar-refractivity contribution in [2.75, 3.05) is 19.0 Å². The number of rotatable bonds is 16. The summed E-state index contributed by atoms with van der Waals surface area (Å²) in [6, 6.07) is 20.1. The number of nitrogens with one attached hydrogen (secondary N) is 1. The fraction of sp³-hybridized carbons (Fsp3) is 0.491. The number of ether oxygens (including phenoxy) is 7. The molecular weight excluding hydrogens is 942 g/mol. The van der Waals surface area contributed by atoms with Crippen LogP contribution in [0.25, 0.3) is 0 Å². The quantitative estimate of drug-likeness (QED) is 0.0632. The molecule has 0 spiro atoms. The maximum absolute atomic E-state index is 16.2. The summed E-state index contributed by atoms with van der Waals surface area (Å²) in [6.45, 7) is 9.83. The van der Waals surface area contributed by atoms with Gasteiger partial charge in [-0.15, -0.1) is 0 Å². The van der Waals surface area contributed by atoms with E-state index in [2.05, 4.69) is 17.9 Å². The predicted molar refractivity (Wildman–Crippen MR) is 254 cm³/mol. The molecule has 2 bridgehead atoms. The van der Waals surface area contributed by atoms with Crippen LogP contribution in [0.15, 0.2) is 96.1 Å². The van der Waals surface area contributed by atoms with Crippen LogP contribution >= 0.6 is 12.6 Å². The van der Waals surface area contributed by atoms with Crippen LogP contribution in [0, 0.1) is 22.6 Å². The first-order chi connectivity index (χ1) is 33.7. The Hall–Kier alpha value is -5.95. The topological polar surface area (TPSA) is 216 Å². The van der Waals surface area contributed by atoms with Crippen molar-refractivity contribution in [3.63, 3.8) is 0 Å². The molecule has 11 atom stereocenters. The number of benzene rings is 3. The van der Waals surface area contributed by atoms with Gasteiger partial charge in [0.25, 0.3) is 5.91 Å². The fourth-order valence-corrected chi connectivity index (χ4v) is 11.1. The number of carbonyl (C=O) groups is 7. The van der Waals surface area contributed by atoms with Crippen molar-refractivity contribution < 1.29 is 76.2 Å². The molecular formula is C53H60FNO15S. The van der Waals surface area contributed by atoms with Crippen LogP contribution in [0.5, 0.6) is 0 Å². The first kappa shape index (κ1) is 52.9. The van der Waals surface area contributed by atoms with E-state index in [1.165, 1.54) is 13.8 Å². The minimum absolute atomic E-state index is 0.0164. The molecule has 1 unspecified atom stereocenters. The second-order valence-corrected chi connectivity index (χ2v) is 19.6. The van der Waals surface area contributed by atoms with Gasteiger partial charge >= 0.3 is 29.8 Å². The number of halogens is 1. The highest BCUT2D eigenvalue weighted by Gasteiger charge is 2.79. The van der Waals surface area contributed by atoms with Crippen LogP contribution in [0.3, 0.4) is 0 Å². The second kappa shape index (κ2) is 21.0. The molecule has 3 aromatic rings. The van der Waals surface area contributed by atoms with Gasteiger partial charge in [-0.25, -0.2) is 14.0 Å². The Labute approximate surface area is 416 Å². The van der Waals surface area contributed by atoms with Gasteiger partial charge in [0.1, 0.15) is 35.8 Å². The van der Waals surface area contributed by atoms with Gasteiger partial charge in [-0.2, -0.15) is 12.6 Å². The third-order valence-electron chi connectivity index (χ3n) is 14.7. The Kier molecular flexibility index (Phi) is 15.7. The molecule has 2 N–H and O–H groups in total. The minimum Gasteiger partial charge on any atom is -0.461 e. The average molecular weight is 1000 g/mol. The highest BCUT2D eigenvalue weighted by Crippen LogP contribution is 2.65. The van der Waals surface area contributed by atoms with Crippen LogP contribution in [0.2, 0.25) is 0 Å². The Balaban J connectivity index is 1.46. The van der Waals surface area contributed by atoms with E-state index < -0.39 is 124 Å². The predicted octanol–water partition coefficient (Wildman–Crippen LogP) is 6.18. The Morgan fingerprint density at radius 3 is 2.06 bits per heavy atom. The van der Waals surface area contributed by atoms with Crippen LogP contribution < -0.4 is 5.32 Å². The smallest absolute Gasteiger partial charge is 0.338 e. The van der Waals surface area contributed by atoms with Crippen LogP contribution in [0.4, 0.5) is 4.39 Å². The molecule has 1 amide bonds. The SMILES string of the molecule is CCC(=O)O[C@H]1C(=O)[C@@]2(C)C([C@H](OC(=O)c3ccc(F)cc3)[C@]3(O)C[C@H](OC(=O)[C@H](OCCS)[C@@H](NC(=O)c4ccccc4)c4ccccc4)C(C)=C1C3(C)C)[C@]1(OC(C)=O)CO[C@@H]1C[C@@H]2OC(=O)CC. The van der Waals surface area contributed by atoms with E-state index in [1.54, 1.807) is 88.4 Å². The number of hydrogen-bond donors (Lipinski definition) is 3. The molecule has 380 valence electrons. The lowest BCUT2D eigenvalue weighted by Gasteiger charge is -2.67. The standard InChI is InChI=1S/C53H60FNO15S/c1-8-38(57)67-36-26-37-52(28-65-37,70-30(4)56)44-46(69-48(61)33-20-22-34(54)23-21-33)53(63)27-35(29(3)40(50(53,5)6)42(68-39(58)9-2)45(59)51(36,44)7)66-49(62)43(64-24-25-71)41(31-16-12-10-13-17-31)55-47(60)32-18-14-11-15-19-32/h10-23,35-37,41-44,46,63,71H,8-9,24-28H2,1-7H3,(H,55,60)/t35-,36-,37+,41-,42+,43+,44?,46-,51+,52-,53+/m0/s1. The van der Waals surface area contributed by atoms with Crippen LogP contribution in [-0.2, 0) is 57.1 Å². The zero-order chi connectivity index (χ0) is 51.6. The number of amides is 1. The summed E-state index contributed by atoms with van der Waals surface area (Å²) in [5, 5.41) is 17.0. The van der Waals surface area contributed by atoms with E-state index in [0.29, 0.717) is 5.56 Å². The lowest BCUT2D eigenvalue weighted by Crippen LogP contribution is -2.82. The van der Waals surface area contributed by atoms with E-state index in [1.807, 2.05) is 0 Å². The lowest BCUT2D eigenvalue weighted by molar-refractivity contribution is -0.346. The molecule has 0 aromatic heterocycles. The summed E-state index contributed by atoms with van der Waals surface area (Å²) in [7, 11) is 0. The van der Waals surface area contributed by atoms with E-state index in [4.69, 9.17) is 33.2 Å². The first-order valence-corrected chi connectivity index (χ1v) is 24.3.